The van der Waals surface area contributed by atoms with E-state index in [0.29, 0.717) is 12.8 Å². The third-order valence-electron chi connectivity index (χ3n) is 2.09. The lowest BCUT2D eigenvalue weighted by Gasteiger charge is -2.09. The maximum Gasteiger partial charge on any atom is 0.260 e. The maximum atomic E-state index is 10.0. The highest BCUT2D eigenvalue weighted by Crippen LogP contribution is 2.04. The van der Waals surface area contributed by atoms with Crippen LogP contribution in [0.2, 0.25) is 0 Å². The number of rotatable bonds is 11. The van der Waals surface area contributed by atoms with Crippen molar-refractivity contribution in [1.82, 2.24) is 10.2 Å². The highest BCUT2D eigenvalue weighted by Gasteiger charge is 2.01. The lowest BCUT2D eigenvalue weighted by atomic mass is 10.2. The zero-order valence-electron chi connectivity index (χ0n) is 10.6. The van der Waals surface area contributed by atoms with Crippen LogP contribution in [0.1, 0.15) is 25.7 Å². The highest BCUT2D eigenvalue weighted by molar-refractivity contribution is 5.34. The van der Waals surface area contributed by atoms with E-state index < -0.39 is 0 Å². The molecular weight excluding hydrogens is 268 g/mol. The molecule has 20 heavy (non-hydrogen) atoms. The van der Waals surface area contributed by atoms with Gasteiger partial charge in [-0.1, -0.05) is 33.2 Å². The Morgan fingerprint density at radius 1 is 0.550 bits per heavy atom. The van der Waals surface area contributed by atoms with Crippen LogP contribution in [0, 0.1) is 0 Å². The molecule has 0 atom stereocenters. The van der Waals surface area contributed by atoms with Gasteiger partial charge in [-0.25, -0.2) is 19.2 Å². The lowest BCUT2D eigenvalue weighted by Crippen LogP contribution is -2.12. The predicted molar refractivity (Wildman–Crippen MR) is 64.4 cm³/mol. The summed E-state index contributed by atoms with van der Waals surface area (Å²) < 4.78 is 0. The fourth-order valence-corrected chi connectivity index (χ4v) is 1.29. The molecule has 0 aromatic heterocycles. The third kappa shape index (κ3) is 9.18. The molecule has 0 spiro atoms. The summed E-state index contributed by atoms with van der Waals surface area (Å²) in [7, 11) is 0. The molecule has 0 heterocycles. The van der Waals surface area contributed by atoms with Gasteiger partial charge in [-0.15, -0.1) is 0 Å². The molecule has 0 amide bonds. The molecule has 106 valence electrons. The van der Waals surface area contributed by atoms with E-state index in [9.17, 15) is 19.2 Å². The minimum Gasteiger partial charge on any atom is -0.209 e. The summed E-state index contributed by atoms with van der Waals surface area (Å²) in [4.78, 5) is 40.0. The quantitative estimate of drug-likeness (QED) is 0.230. The summed E-state index contributed by atoms with van der Waals surface area (Å²) in [6.07, 6.45) is 7.85. The van der Waals surface area contributed by atoms with Crippen molar-refractivity contribution in [3.63, 3.8) is 0 Å². The topological polar surface area (TPSA) is 124 Å². The van der Waals surface area contributed by atoms with E-state index in [0.717, 1.165) is 23.1 Å². The van der Waals surface area contributed by atoms with E-state index in [1.54, 1.807) is 0 Å². The molecule has 0 fully saturated rings. The zero-order valence-corrected chi connectivity index (χ0v) is 10.6. The largest absolute Gasteiger partial charge is 0.260 e. The Labute approximate surface area is 114 Å². The first-order valence-corrected chi connectivity index (χ1v) is 5.64. The first-order valence-electron chi connectivity index (χ1n) is 5.64. The second-order valence-corrected chi connectivity index (χ2v) is 3.37. The van der Waals surface area contributed by atoms with Crippen LogP contribution in [0.4, 0.5) is 0 Å². The molecule has 0 saturated heterocycles. The van der Waals surface area contributed by atoms with Gasteiger partial charge in [0.1, 0.15) is 0 Å². The monoisotopic (exact) mass is 280 g/mol. The van der Waals surface area contributed by atoms with Gasteiger partial charge in [-0.2, -0.15) is 10.2 Å². The number of hydrazone groups is 4. The number of hydrogen-bond acceptors (Lipinski definition) is 10. The third-order valence-corrected chi connectivity index (χ3v) is 2.09. The Hall–Kier alpha value is -2.88. The van der Waals surface area contributed by atoms with E-state index in [1.165, 1.54) is 24.3 Å². The smallest absolute Gasteiger partial charge is 0.209 e. The van der Waals surface area contributed by atoms with Crippen LogP contribution in [0.5, 0.6) is 0 Å². The summed E-state index contributed by atoms with van der Waals surface area (Å²) >= 11 is 0. The average molecular weight is 280 g/mol. The number of nitrogens with zero attached hydrogens (tertiary/aromatic N) is 6. The van der Waals surface area contributed by atoms with E-state index in [-0.39, 0.29) is 13.1 Å². The summed E-state index contributed by atoms with van der Waals surface area (Å²) in [5, 5.41) is 14.5. The zero-order chi connectivity index (χ0) is 15.1. The molecular formula is C10H12N6O4. The summed E-state index contributed by atoms with van der Waals surface area (Å²) in [5.41, 5.74) is 0. The fourth-order valence-electron chi connectivity index (χ4n) is 1.29. The molecule has 0 aliphatic rings. The molecule has 0 rings (SSSR count). The van der Waals surface area contributed by atoms with E-state index in [2.05, 4.69) is 20.4 Å². The van der Waals surface area contributed by atoms with Crippen LogP contribution in [0.25, 0.3) is 0 Å². The molecule has 0 aromatic rings. The molecule has 0 aromatic carbocycles. The van der Waals surface area contributed by atoms with Gasteiger partial charge >= 0.3 is 0 Å². The Morgan fingerprint density at radius 2 is 0.850 bits per heavy atom. The van der Waals surface area contributed by atoms with Crippen molar-refractivity contribution in [2.75, 3.05) is 13.1 Å². The maximum absolute atomic E-state index is 10.0. The molecule has 0 aliphatic carbocycles. The van der Waals surface area contributed by atoms with Crippen LogP contribution in [-0.2, 0) is 19.2 Å². The van der Waals surface area contributed by atoms with Crippen LogP contribution >= 0.6 is 0 Å². The van der Waals surface area contributed by atoms with Crippen molar-refractivity contribution in [1.29, 1.82) is 0 Å². The Balaban J connectivity index is 3.85. The average Bonchev–Trinajstić information content (AvgIpc) is 2.43. The Morgan fingerprint density at radius 3 is 1.10 bits per heavy atom. The van der Waals surface area contributed by atoms with Crippen molar-refractivity contribution < 1.29 is 19.2 Å². The molecule has 10 heteroatoms. The summed E-state index contributed by atoms with van der Waals surface area (Å²) in [5.74, 6) is 0. The second kappa shape index (κ2) is 12.6. The minimum absolute atomic E-state index is 0.285. The van der Waals surface area contributed by atoms with Crippen molar-refractivity contribution in [2.45, 2.75) is 25.7 Å². The summed E-state index contributed by atoms with van der Waals surface area (Å²) in [6, 6.07) is 0. The Kier molecular flexibility index (Phi) is 10.8. The van der Waals surface area contributed by atoms with Gasteiger partial charge in [-0.05, 0) is 12.8 Å². The minimum atomic E-state index is 0.285. The van der Waals surface area contributed by atoms with Gasteiger partial charge in [0, 0.05) is 0 Å². The van der Waals surface area contributed by atoms with Crippen molar-refractivity contribution in [3.05, 3.63) is 0 Å². The fraction of sp³-hybridized carbons (Fsp3) is 0.600. The van der Waals surface area contributed by atoms with Crippen molar-refractivity contribution in [2.24, 2.45) is 20.4 Å². The standard InChI is InChI=1S/C10H12N6O4/c17-7-11-15(12-8-18)5-3-1-2-4-6-16(13-9-19)14-10-20/h1-6H2. The number of carbonyl (C=O) groups excluding carboxylic acids is 4. The number of unbranched alkanes of at least 4 members (excludes halogenated alkanes) is 3. The highest BCUT2D eigenvalue weighted by atomic mass is 16.1. The van der Waals surface area contributed by atoms with Crippen LogP contribution in [0.3, 0.4) is 0 Å². The molecule has 0 bridgehead atoms. The van der Waals surface area contributed by atoms with E-state index in [4.69, 9.17) is 0 Å². The Bertz CT molecular complexity index is 390. The van der Waals surface area contributed by atoms with Gasteiger partial charge in [-0.3, -0.25) is 0 Å². The first kappa shape index (κ1) is 17.1. The molecule has 0 aliphatic heterocycles. The van der Waals surface area contributed by atoms with Crippen LogP contribution in [-0.4, -0.2) is 47.6 Å². The van der Waals surface area contributed by atoms with E-state index >= 15 is 0 Å². The normalized spacial score (nSPS) is 8.20. The van der Waals surface area contributed by atoms with Crippen molar-refractivity contribution in [3.8, 4) is 0 Å². The second-order valence-electron chi connectivity index (χ2n) is 3.37. The van der Waals surface area contributed by atoms with Crippen LogP contribution in [0.15, 0.2) is 20.4 Å². The molecule has 0 N–H and O–H groups in total. The molecule has 0 unspecified atom stereocenters. The SMILES string of the molecule is O=C=NN(CCCCCCN(N=C=O)N=C=O)N=C=O. The molecule has 0 radical (unpaired) electrons. The van der Waals surface area contributed by atoms with E-state index in [1.807, 2.05) is 0 Å². The molecule has 10 nitrogen and oxygen atoms in total. The van der Waals surface area contributed by atoms with Crippen molar-refractivity contribution >= 4 is 24.3 Å². The molecule has 0 saturated carbocycles. The summed E-state index contributed by atoms with van der Waals surface area (Å²) in [6.45, 7) is 0.570. The number of hydrogen-bond donors (Lipinski definition) is 0. The van der Waals surface area contributed by atoms with Crippen LogP contribution < -0.4 is 0 Å². The van der Waals surface area contributed by atoms with Gasteiger partial charge in [0.15, 0.2) is 0 Å². The number of isocyanates is 4. The van der Waals surface area contributed by atoms with Gasteiger partial charge < -0.3 is 0 Å². The predicted octanol–water partition coefficient (Wildman–Crippen LogP) is 0.154. The first-order chi connectivity index (χ1) is 9.78. The van der Waals surface area contributed by atoms with Gasteiger partial charge in [0.25, 0.3) is 24.3 Å². The van der Waals surface area contributed by atoms with Gasteiger partial charge in [0.05, 0.1) is 13.1 Å². The lowest BCUT2D eigenvalue weighted by molar-refractivity contribution is 0.278. The van der Waals surface area contributed by atoms with Gasteiger partial charge in [0.2, 0.25) is 0 Å².